The van der Waals surface area contributed by atoms with Crippen LogP contribution in [0.15, 0.2) is 65.3 Å². The van der Waals surface area contributed by atoms with E-state index in [0.29, 0.717) is 0 Å². The van der Waals surface area contributed by atoms with Crippen LogP contribution in [-0.2, 0) is 9.31 Å². The van der Waals surface area contributed by atoms with Gasteiger partial charge in [0.25, 0.3) is 0 Å². The second kappa shape index (κ2) is 5.93. The zero-order valence-electron chi connectivity index (χ0n) is 16.5. The molecule has 1 saturated heterocycles. The summed E-state index contributed by atoms with van der Waals surface area (Å²) >= 11 is 0. The number of hydrogen-bond donors (Lipinski definition) is 0. The molecule has 0 bridgehead atoms. The molecule has 2 aromatic heterocycles. The van der Waals surface area contributed by atoms with E-state index in [1.165, 1.54) is 0 Å². The van der Waals surface area contributed by atoms with Crippen molar-refractivity contribution in [3.05, 3.63) is 60.9 Å². The SMILES string of the molecule is CC1(C)OB(c2cnccc2-c2ccc3oc4ccccc4c3c2)OC1(C)C. The molecule has 3 heterocycles. The van der Waals surface area contributed by atoms with Crippen molar-refractivity contribution in [3.8, 4) is 11.1 Å². The lowest BCUT2D eigenvalue weighted by molar-refractivity contribution is 0.00578. The quantitative estimate of drug-likeness (QED) is 0.468. The summed E-state index contributed by atoms with van der Waals surface area (Å²) in [5.41, 5.74) is 4.08. The molecule has 0 unspecified atom stereocenters. The second-order valence-electron chi connectivity index (χ2n) is 8.36. The summed E-state index contributed by atoms with van der Waals surface area (Å²) in [6.07, 6.45) is 3.65. The monoisotopic (exact) mass is 371 g/mol. The van der Waals surface area contributed by atoms with Gasteiger partial charge in [-0.1, -0.05) is 24.3 Å². The second-order valence-corrected chi connectivity index (χ2v) is 8.36. The molecule has 5 rings (SSSR count). The van der Waals surface area contributed by atoms with Gasteiger partial charge in [-0.3, -0.25) is 4.98 Å². The highest BCUT2D eigenvalue weighted by molar-refractivity contribution is 6.63. The molecule has 0 spiro atoms. The molecule has 4 aromatic rings. The number of hydrogen-bond acceptors (Lipinski definition) is 4. The Morgan fingerprint density at radius 1 is 0.821 bits per heavy atom. The first-order valence-electron chi connectivity index (χ1n) is 9.57. The average molecular weight is 371 g/mol. The van der Waals surface area contributed by atoms with E-state index in [2.05, 4.69) is 50.9 Å². The minimum atomic E-state index is -0.453. The van der Waals surface area contributed by atoms with Gasteiger partial charge in [0.1, 0.15) is 11.2 Å². The maximum Gasteiger partial charge on any atom is 0.497 e. The van der Waals surface area contributed by atoms with Gasteiger partial charge in [0.05, 0.1) is 11.2 Å². The van der Waals surface area contributed by atoms with Crippen molar-refractivity contribution < 1.29 is 13.7 Å². The number of aromatic nitrogens is 1. The van der Waals surface area contributed by atoms with Crippen molar-refractivity contribution in [2.45, 2.75) is 38.9 Å². The summed E-state index contributed by atoms with van der Waals surface area (Å²) in [6.45, 7) is 8.25. The van der Waals surface area contributed by atoms with Gasteiger partial charge in [-0.25, -0.2) is 0 Å². The van der Waals surface area contributed by atoms with Crippen LogP contribution in [0.4, 0.5) is 0 Å². The molecule has 0 amide bonds. The number of nitrogens with zero attached hydrogens (tertiary/aromatic N) is 1. The summed E-state index contributed by atoms with van der Waals surface area (Å²) in [5, 5.41) is 2.22. The Hall–Kier alpha value is -2.63. The molecule has 0 saturated carbocycles. The molecule has 28 heavy (non-hydrogen) atoms. The Morgan fingerprint density at radius 3 is 2.32 bits per heavy atom. The molecule has 1 aliphatic heterocycles. The zero-order chi connectivity index (χ0) is 19.5. The van der Waals surface area contributed by atoms with Crippen LogP contribution in [0, 0.1) is 0 Å². The summed E-state index contributed by atoms with van der Waals surface area (Å²) in [7, 11) is -0.453. The summed E-state index contributed by atoms with van der Waals surface area (Å²) < 4.78 is 18.5. The van der Waals surface area contributed by atoms with E-state index in [4.69, 9.17) is 13.7 Å². The average Bonchev–Trinajstić information content (AvgIpc) is 3.15. The minimum absolute atomic E-state index is 0.393. The van der Waals surface area contributed by atoms with Crippen molar-refractivity contribution in [3.63, 3.8) is 0 Å². The normalized spacial score (nSPS) is 18.2. The van der Waals surface area contributed by atoms with Crippen molar-refractivity contribution >= 4 is 34.5 Å². The number of fused-ring (bicyclic) bond motifs is 3. The number of pyridine rings is 1. The Labute approximate surface area is 164 Å². The third-order valence-corrected chi connectivity index (χ3v) is 6.05. The van der Waals surface area contributed by atoms with Gasteiger partial charge in [0, 0.05) is 28.6 Å². The van der Waals surface area contributed by atoms with E-state index in [9.17, 15) is 0 Å². The molecular formula is C23H22BNO3. The maximum absolute atomic E-state index is 6.27. The van der Waals surface area contributed by atoms with Crippen molar-refractivity contribution in [2.75, 3.05) is 0 Å². The van der Waals surface area contributed by atoms with Crippen LogP contribution in [-0.4, -0.2) is 23.3 Å². The zero-order valence-corrected chi connectivity index (χ0v) is 16.5. The van der Waals surface area contributed by atoms with Gasteiger partial charge in [-0.15, -0.1) is 0 Å². The van der Waals surface area contributed by atoms with Crippen molar-refractivity contribution in [1.29, 1.82) is 0 Å². The number of furan rings is 1. The van der Waals surface area contributed by atoms with Gasteiger partial charge < -0.3 is 13.7 Å². The highest BCUT2D eigenvalue weighted by atomic mass is 16.7. The van der Waals surface area contributed by atoms with E-state index < -0.39 is 18.3 Å². The first-order valence-corrected chi connectivity index (χ1v) is 9.57. The van der Waals surface area contributed by atoms with Crippen LogP contribution in [0.1, 0.15) is 27.7 Å². The smallest absolute Gasteiger partial charge is 0.456 e. The molecule has 4 nitrogen and oxygen atoms in total. The largest absolute Gasteiger partial charge is 0.497 e. The van der Waals surface area contributed by atoms with Gasteiger partial charge in [-0.2, -0.15) is 0 Å². The predicted octanol–water partition coefficient (Wildman–Crippen LogP) is 4.95. The van der Waals surface area contributed by atoms with Crippen LogP contribution >= 0.6 is 0 Å². The van der Waals surface area contributed by atoms with Gasteiger partial charge >= 0.3 is 7.12 Å². The topological polar surface area (TPSA) is 44.5 Å². The standard InChI is InChI=1S/C23H22BNO3/c1-22(2)23(3,4)28-24(27-22)19-14-25-12-11-16(19)15-9-10-21-18(13-15)17-7-5-6-8-20(17)26-21/h5-14H,1-4H3. The molecule has 1 fully saturated rings. The third kappa shape index (κ3) is 2.58. The molecule has 0 N–H and O–H groups in total. The molecule has 5 heteroatoms. The van der Waals surface area contributed by atoms with E-state index in [0.717, 1.165) is 38.5 Å². The van der Waals surface area contributed by atoms with Crippen LogP contribution in [0.5, 0.6) is 0 Å². The lowest BCUT2D eigenvalue weighted by Gasteiger charge is -2.32. The van der Waals surface area contributed by atoms with Crippen LogP contribution < -0.4 is 5.46 Å². The molecule has 2 aromatic carbocycles. The summed E-state index contributed by atoms with van der Waals surface area (Å²) in [6, 6.07) is 16.4. The van der Waals surface area contributed by atoms with E-state index >= 15 is 0 Å². The fourth-order valence-corrected chi connectivity index (χ4v) is 3.72. The predicted molar refractivity (Wildman–Crippen MR) is 113 cm³/mol. The molecule has 1 aliphatic rings. The first kappa shape index (κ1) is 17.5. The molecule has 0 aliphatic carbocycles. The third-order valence-electron chi connectivity index (χ3n) is 6.05. The lowest BCUT2D eigenvalue weighted by Crippen LogP contribution is -2.41. The molecule has 0 atom stereocenters. The van der Waals surface area contributed by atoms with Gasteiger partial charge in [0.15, 0.2) is 0 Å². The molecule has 140 valence electrons. The Kier molecular flexibility index (Phi) is 3.70. The van der Waals surface area contributed by atoms with Gasteiger partial charge in [-0.05, 0) is 63.1 Å². The number of para-hydroxylation sites is 1. The lowest BCUT2D eigenvalue weighted by atomic mass is 9.75. The maximum atomic E-state index is 6.27. The highest BCUT2D eigenvalue weighted by Gasteiger charge is 2.52. The highest BCUT2D eigenvalue weighted by Crippen LogP contribution is 2.38. The summed E-state index contributed by atoms with van der Waals surface area (Å²) in [4.78, 5) is 4.33. The van der Waals surface area contributed by atoms with E-state index in [-0.39, 0.29) is 0 Å². The Balaban J connectivity index is 1.64. The van der Waals surface area contributed by atoms with Crippen molar-refractivity contribution in [1.82, 2.24) is 4.98 Å². The Morgan fingerprint density at radius 2 is 1.54 bits per heavy atom. The van der Waals surface area contributed by atoms with E-state index in [1.54, 1.807) is 0 Å². The van der Waals surface area contributed by atoms with Gasteiger partial charge in [0.2, 0.25) is 0 Å². The Bertz CT molecular complexity index is 1180. The molecular weight excluding hydrogens is 349 g/mol. The van der Waals surface area contributed by atoms with E-state index in [1.807, 2.05) is 42.7 Å². The fraction of sp³-hybridized carbons (Fsp3) is 0.261. The minimum Gasteiger partial charge on any atom is -0.456 e. The number of rotatable bonds is 2. The van der Waals surface area contributed by atoms with Crippen molar-refractivity contribution in [2.24, 2.45) is 0 Å². The fourth-order valence-electron chi connectivity index (χ4n) is 3.72. The number of benzene rings is 2. The van der Waals surface area contributed by atoms with Crippen LogP contribution in [0.25, 0.3) is 33.1 Å². The summed E-state index contributed by atoms with van der Waals surface area (Å²) in [5.74, 6) is 0. The van der Waals surface area contributed by atoms with Crippen LogP contribution in [0.2, 0.25) is 0 Å². The molecule has 0 radical (unpaired) electrons. The first-order chi connectivity index (χ1) is 13.4. The van der Waals surface area contributed by atoms with Crippen LogP contribution in [0.3, 0.4) is 0 Å².